The molecule has 4 aliphatic rings. The highest BCUT2D eigenvalue weighted by Crippen LogP contribution is 2.50. The minimum Gasteiger partial charge on any atom is -0.384 e. The molecule has 0 amide bonds. The van der Waals surface area contributed by atoms with Crippen LogP contribution in [0, 0.1) is 0 Å². The van der Waals surface area contributed by atoms with Crippen molar-refractivity contribution in [1.29, 1.82) is 0 Å². The first-order valence-electron chi connectivity index (χ1n) is 13.6. The number of rotatable bonds is 3. The van der Waals surface area contributed by atoms with Crippen molar-refractivity contribution >= 4 is 26.7 Å². The molecule has 6 nitrogen and oxygen atoms in total. The summed E-state index contributed by atoms with van der Waals surface area (Å²) in [7, 11) is -1.10. The molecule has 38 heavy (non-hydrogen) atoms. The molecule has 2 aromatic rings. The lowest BCUT2D eigenvalue weighted by molar-refractivity contribution is 0.00578. The van der Waals surface area contributed by atoms with Crippen LogP contribution >= 0.6 is 0 Å². The average molecular weight is 512 g/mol. The van der Waals surface area contributed by atoms with Crippen LogP contribution in [0.25, 0.3) is 12.2 Å². The van der Waals surface area contributed by atoms with E-state index in [2.05, 4.69) is 138 Å². The molecule has 2 fully saturated rings. The summed E-state index contributed by atoms with van der Waals surface area (Å²) < 4.78 is 26.4. The van der Waals surface area contributed by atoms with E-state index in [1.165, 1.54) is 22.3 Å². The maximum absolute atomic E-state index is 6.61. The van der Waals surface area contributed by atoms with Crippen LogP contribution in [-0.4, -0.2) is 46.5 Å². The molecule has 0 unspecified atom stereocenters. The molecule has 6 rings (SSSR count). The molecule has 0 radical (unpaired) electrons. The third-order valence-corrected chi connectivity index (χ3v) is 9.39. The van der Waals surface area contributed by atoms with Crippen LogP contribution < -0.4 is 0 Å². The number of fused-ring (bicyclic) bond motifs is 2. The number of benzene rings is 2. The Kier molecular flexibility index (Phi) is 5.76. The van der Waals surface area contributed by atoms with E-state index in [9.17, 15) is 0 Å². The van der Waals surface area contributed by atoms with Gasteiger partial charge in [-0.05, 0) is 102 Å². The molecule has 0 aliphatic carbocycles. The Morgan fingerprint density at radius 2 is 0.842 bits per heavy atom. The monoisotopic (exact) mass is 512 g/mol. The maximum atomic E-state index is 6.61. The molecule has 0 spiro atoms. The molecule has 0 saturated carbocycles. The zero-order valence-corrected chi connectivity index (χ0v) is 23.8. The van der Waals surface area contributed by atoms with Crippen LogP contribution in [0.1, 0.15) is 89.7 Å². The fraction of sp³-hybridized carbons (Fsp3) is 0.467. The largest absolute Gasteiger partial charge is 0.594 e. The Morgan fingerprint density at radius 1 is 0.526 bits per heavy atom. The van der Waals surface area contributed by atoms with E-state index in [-0.39, 0.29) is 12.1 Å². The fourth-order valence-electron chi connectivity index (χ4n) is 5.64. The molecule has 4 heterocycles. The molecule has 0 aromatic heterocycles. The van der Waals surface area contributed by atoms with E-state index in [1.54, 1.807) is 0 Å². The average Bonchev–Trinajstić information content (AvgIpc) is 3.21. The second-order valence-electron chi connectivity index (χ2n) is 12.8. The van der Waals surface area contributed by atoms with Gasteiger partial charge in [0.25, 0.3) is 0 Å². The first-order chi connectivity index (χ1) is 17.8. The molecule has 2 saturated heterocycles. The van der Waals surface area contributed by atoms with E-state index in [0.29, 0.717) is 0 Å². The lowest BCUT2D eigenvalue weighted by Crippen LogP contribution is -2.51. The lowest BCUT2D eigenvalue weighted by atomic mass is 9.78. The normalized spacial score (nSPS) is 28.0. The second-order valence-corrected chi connectivity index (χ2v) is 12.8. The predicted octanol–water partition coefficient (Wildman–Crippen LogP) is 6.22. The van der Waals surface area contributed by atoms with E-state index >= 15 is 0 Å². The van der Waals surface area contributed by atoms with Crippen molar-refractivity contribution in [2.45, 2.75) is 89.9 Å². The maximum Gasteiger partial charge on any atom is 0.594 e. The first-order valence-corrected chi connectivity index (χ1v) is 13.6. The van der Waals surface area contributed by atoms with Crippen molar-refractivity contribution in [3.63, 3.8) is 0 Å². The minimum atomic E-state index is -0.548. The summed E-state index contributed by atoms with van der Waals surface area (Å²) in [5.41, 5.74) is 2.97. The molecule has 4 aliphatic heterocycles. The van der Waals surface area contributed by atoms with Gasteiger partial charge in [0.05, 0.1) is 34.5 Å². The van der Waals surface area contributed by atoms with Crippen LogP contribution in [-0.2, 0) is 18.6 Å². The molecular weight excluding hydrogens is 474 g/mol. The van der Waals surface area contributed by atoms with Gasteiger partial charge in [-0.3, -0.25) is 0 Å². The van der Waals surface area contributed by atoms with Gasteiger partial charge in [0.2, 0.25) is 0 Å². The molecule has 198 valence electrons. The van der Waals surface area contributed by atoms with E-state index in [0.717, 1.165) is 0 Å². The van der Waals surface area contributed by atoms with Crippen molar-refractivity contribution in [2.24, 2.45) is 0 Å². The zero-order valence-electron chi connectivity index (χ0n) is 23.8. The standard InChI is InChI=1S/C30H38B2N2O4/c1-27(2)28(3,4)36-31(35-27)33-19-17-21-13-9-11-15-23(21)25(33)26-24-16-12-10-14-22(24)18-20-34(26)32-37-29(5,6)30(7,8)38-32/h9-20,25-26H,1-8H3/t25-,26-/m0/s1. The molecule has 8 heteroatoms. The van der Waals surface area contributed by atoms with Crippen molar-refractivity contribution in [2.75, 3.05) is 0 Å². The van der Waals surface area contributed by atoms with Crippen molar-refractivity contribution in [3.8, 4) is 0 Å². The van der Waals surface area contributed by atoms with Gasteiger partial charge in [0.15, 0.2) is 0 Å². The van der Waals surface area contributed by atoms with Crippen molar-refractivity contribution in [3.05, 3.63) is 83.2 Å². The van der Waals surface area contributed by atoms with Gasteiger partial charge in [0, 0.05) is 0 Å². The summed E-state index contributed by atoms with van der Waals surface area (Å²) >= 11 is 0. The fourth-order valence-corrected chi connectivity index (χ4v) is 5.64. The molecule has 0 bridgehead atoms. The van der Waals surface area contributed by atoms with Gasteiger partial charge in [-0.25, -0.2) is 0 Å². The Hall–Kier alpha value is -2.51. The number of nitrogens with zero attached hydrogens (tertiary/aromatic N) is 2. The molecule has 0 N–H and O–H groups in total. The Bertz CT molecular complexity index is 1170. The van der Waals surface area contributed by atoms with E-state index < -0.39 is 36.9 Å². The van der Waals surface area contributed by atoms with Crippen molar-refractivity contribution in [1.82, 2.24) is 9.62 Å². The van der Waals surface area contributed by atoms with E-state index in [1.807, 2.05) is 0 Å². The van der Waals surface area contributed by atoms with Gasteiger partial charge in [0.1, 0.15) is 0 Å². The predicted molar refractivity (Wildman–Crippen MR) is 152 cm³/mol. The van der Waals surface area contributed by atoms with Crippen LogP contribution in [0.15, 0.2) is 60.9 Å². The Labute approximate surface area is 227 Å². The van der Waals surface area contributed by atoms with Gasteiger partial charge >= 0.3 is 14.5 Å². The smallest absolute Gasteiger partial charge is 0.384 e. The summed E-state index contributed by atoms with van der Waals surface area (Å²) in [5.74, 6) is 0. The van der Waals surface area contributed by atoms with E-state index in [4.69, 9.17) is 18.6 Å². The van der Waals surface area contributed by atoms with Gasteiger partial charge in [-0.15, -0.1) is 0 Å². The number of hydrogen-bond donors (Lipinski definition) is 0. The third-order valence-electron chi connectivity index (χ3n) is 9.39. The van der Waals surface area contributed by atoms with Gasteiger partial charge in [-0.1, -0.05) is 48.5 Å². The minimum absolute atomic E-state index is 0.129. The quantitative estimate of drug-likeness (QED) is 0.456. The lowest BCUT2D eigenvalue weighted by Gasteiger charge is -2.47. The highest BCUT2D eigenvalue weighted by atomic mass is 16.7. The van der Waals surface area contributed by atoms with Crippen LogP contribution in [0.2, 0.25) is 0 Å². The summed E-state index contributed by atoms with van der Waals surface area (Å²) in [6.45, 7) is 16.8. The van der Waals surface area contributed by atoms with Crippen LogP contribution in [0.5, 0.6) is 0 Å². The number of hydrogen-bond acceptors (Lipinski definition) is 6. The SMILES string of the molecule is CC1(C)OB(N2C=Cc3ccccc3[C@H]2[C@@H]2c3ccccc3C=CN2B2OC(C)(C)C(C)(C)O2)OC1(C)C. The molecule has 2 aromatic carbocycles. The zero-order chi connectivity index (χ0) is 27.1. The summed E-state index contributed by atoms with van der Waals surface area (Å²) in [4.78, 5) is 4.47. The Morgan fingerprint density at radius 3 is 1.18 bits per heavy atom. The highest BCUT2D eigenvalue weighted by molar-refractivity contribution is 6.43. The Balaban J connectivity index is 1.49. The third kappa shape index (κ3) is 3.88. The van der Waals surface area contributed by atoms with Crippen LogP contribution in [0.4, 0.5) is 0 Å². The van der Waals surface area contributed by atoms with Crippen molar-refractivity contribution < 1.29 is 18.6 Å². The molecular formula is C30H38B2N2O4. The highest BCUT2D eigenvalue weighted by Gasteiger charge is 2.59. The molecule has 2 atom stereocenters. The van der Waals surface area contributed by atoms with Gasteiger partial charge in [-0.2, -0.15) is 0 Å². The first kappa shape index (κ1) is 25.8. The summed E-state index contributed by atoms with van der Waals surface area (Å²) in [5, 5.41) is 0. The van der Waals surface area contributed by atoms with Gasteiger partial charge < -0.3 is 28.2 Å². The summed E-state index contributed by atoms with van der Waals surface area (Å²) in [6, 6.07) is 16.9. The second kappa shape index (κ2) is 8.49. The van der Waals surface area contributed by atoms with Crippen LogP contribution in [0.3, 0.4) is 0 Å². The summed E-state index contributed by atoms with van der Waals surface area (Å²) in [6.07, 6.45) is 8.55. The topological polar surface area (TPSA) is 43.4 Å².